The number of rotatable bonds is 2. The molecular weight excluding hydrogens is 116 g/mol. The third-order valence-corrected chi connectivity index (χ3v) is 0.183. The molecule has 0 spiro atoms. The van der Waals surface area contributed by atoms with E-state index in [2.05, 4.69) is 23.4 Å². The van der Waals surface area contributed by atoms with Crippen LogP contribution < -0.4 is 0 Å². The van der Waals surface area contributed by atoms with Crippen LogP contribution in [-0.2, 0) is 0 Å². The Morgan fingerprint density at radius 3 is 1.11 bits per heavy atom. The minimum Gasteiger partial charge on any atom is -0.290 e. The Morgan fingerprint density at radius 1 is 1.00 bits per heavy atom. The van der Waals surface area contributed by atoms with Crippen LogP contribution in [0.25, 0.3) is 0 Å². The summed E-state index contributed by atoms with van der Waals surface area (Å²) in [5.74, 6) is 0. The van der Waals surface area contributed by atoms with Gasteiger partial charge in [0, 0.05) is 0 Å². The summed E-state index contributed by atoms with van der Waals surface area (Å²) in [4.78, 5) is 6.06. The summed E-state index contributed by atoms with van der Waals surface area (Å²) in [6.45, 7) is 5.97. The van der Waals surface area contributed by atoms with Gasteiger partial charge in [-0.3, -0.25) is 20.8 Å². The van der Waals surface area contributed by atoms with Crippen LogP contribution in [0.15, 0.2) is 9.98 Å². The fraction of sp³-hybridized carbons (Fsp3) is 0.200. The molecule has 0 aliphatic heterocycles. The molecule has 0 aliphatic rings. The van der Waals surface area contributed by atoms with Crippen LogP contribution >= 0.6 is 0 Å². The summed E-state index contributed by atoms with van der Waals surface area (Å²) >= 11 is 0. The highest BCUT2D eigenvalue weighted by Gasteiger charge is 1.29. The molecule has 0 radical (unpaired) electrons. The molecule has 0 aromatic rings. The SMILES string of the molecule is C.C=NC=N.C=NC=N. The van der Waals surface area contributed by atoms with Crippen LogP contribution in [0.5, 0.6) is 0 Å². The number of nitrogens with zero attached hydrogens (tertiary/aromatic N) is 2. The van der Waals surface area contributed by atoms with Crippen LogP contribution in [0.2, 0.25) is 0 Å². The second kappa shape index (κ2) is 30.0. The van der Waals surface area contributed by atoms with Gasteiger partial charge in [0.2, 0.25) is 0 Å². The van der Waals surface area contributed by atoms with Gasteiger partial charge in [-0.1, -0.05) is 7.43 Å². The lowest BCUT2D eigenvalue weighted by Crippen LogP contribution is -1.44. The Hall–Kier alpha value is -1.32. The van der Waals surface area contributed by atoms with Crippen molar-refractivity contribution >= 4 is 26.1 Å². The van der Waals surface area contributed by atoms with E-state index in [0.29, 0.717) is 0 Å². The molecule has 0 saturated carbocycles. The average Bonchev–Trinajstić information content (AvgIpc) is 1.88. The van der Waals surface area contributed by atoms with Gasteiger partial charge in [-0.25, -0.2) is 0 Å². The molecule has 0 heterocycles. The van der Waals surface area contributed by atoms with Gasteiger partial charge in [-0.2, -0.15) is 0 Å². The first-order valence-corrected chi connectivity index (χ1v) is 1.73. The van der Waals surface area contributed by atoms with E-state index in [1.54, 1.807) is 0 Å². The van der Waals surface area contributed by atoms with Gasteiger partial charge in [0.1, 0.15) is 12.7 Å². The van der Waals surface area contributed by atoms with Crippen molar-refractivity contribution in [3.63, 3.8) is 0 Å². The first-order chi connectivity index (χ1) is 3.83. The van der Waals surface area contributed by atoms with Gasteiger partial charge in [-0.15, -0.1) is 0 Å². The molecule has 0 unspecified atom stereocenters. The maximum Gasteiger partial charge on any atom is 0.106 e. The van der Waals surface area contributed by atoms with Gasteiger partial charge in [0.05, 0.1) is 0 Å². The Bertz CT molecular complexity index is 63.0. The van der Waals surface area contributed by atoms with Gasteiger partial charge in [0.15, 0.2) is 0 Å². The Balaban J connectivity index is -0.0000000720. The van der Waals surface area contributed by atoms with Crippen molar-refractivity contribution in [2.24, 2.45) is 9.98 Å². The van der Waals surface area contributed by atoms with Crippen molar-refractivity contribution in [2.75, 3.05) is 0 Å². The molecule has 4 heteroatoms. The Morgan fingerprint density at radius 2 is 1.11 bits per heavy atom. The summed E-state index contributed by atoms with van der Waals surface area (Å²) in [6, 6.07) is 0. The number of hydrogen-bond acceptors (Lipinski definition) is 2. The van der Waals surface area contributed by atoms with E-state index >= 15 is 0 Å². The first kappa shape index (κ1) is 15.6. The molecule has 2 N–H and O–H groups in total. The van der Waals surface area contributed by atoms with Crippen molar-refractivity contribution in [1.82, 2.24) is 0 Å². The van der Waals surface area contributed by atoms with E-state index in [1.807, 2.05) is 0 Å². The fourth-order valence-corrected chi connectivity index (χ4v) is 0. The molecule has 0 fully saturated rings. The lowest BCUT2D eigenvalue weighted by atomic mass is 11.3. The van der Waals surface area contributed by atoms with Crippen molar-refractivity contribution in [3.05, 3.63) is 0 Å². The topological polar surface area (TPSA) is 72.4 Å². The Kier molecular flexibility index (Phi) is 52.2. The summed E-state index contributed by atoms with van der Waals surface area (Å²) in [5.41, 5.74) is 0. The van der Waals surface area contributed by atoms with Crippen LogP contribution in [-0.4, -0.2) is 26.1 Å². The lowest BCUT2D eigenvalue weighted by molar-refractivity contribution is 1.53. The average molecular weight is 128 g/mol. The minimum atomic E-state index is 0. The predicted octanol–water partition coefficient (Wildman–Crippen LogP) is 1.22. The first-order valence-electron chi connectivity index (χ1n) is 1.73. The van der Waals surface area contributed by atoms with E-state index in [4.69, 9.17) is 10.8 Å². The summed E-state index contributed by atoms with van der Waals surface area (Å²) in [6.07, 6.45) is 1.78. The zero-order valence-corrected chi connectivity index (χ0v) is 4.46. The molecule has 0 aromatic carbocycles. The summed E-state index contributed by atoms with van der Waals surface area (Å²) in [7, 11) is 0. The second-order valence-electron chi connectivity index (χ2n) is 0.623. The molecule has 0 aromatic heterocycles. The monoisotopic (exact) mass is 128 g/mol. The lowest BCUT2D eigenvalue weighted by Gasteiger charge is -1.47. The quantitative estimate of drug-likeness (QED) is 0.414. The molecule has 0 aliphatic carbocycles. The van der Waals surface area contributed by atoms with Crippen LogP contribution in [0, 0.1) is 10.8 Å². The van der Waals surface area contributed by atoms with Crippen LogP contribution in [0.3, 0.4) is 0 Å². The van der Waals surface area contributed by atoms with E-state index in [-0.39, 0.29) is 7.43 Å². The highest BCUT2D eigenvalue weighted by atomic mass is 14.7. The molecule has 0 saturated heterocycles. The van der Waals surface area contributed by atoms with E-state index in [1.165, 1.54) is 0 Å². The number of aliphatic imine (C=N–C) groups is 2. The van der Waals surface area contributed by atoms with Crippen molar-refractivity contribution < 1.29 is 0 Å². The van der Waals surface area contributed by atoms with Crippen LogP contribution in [0.1, 0.15) is 7.43 Å². The Labute approximate surface area is 55.4 Å². The zero-order valence-electron chi connectivity index (χ0n) is 4.46. The molecule has 0 amide bonds. The molecule has 52 valence electrons. The van der Waals surface area contributed by atoms with Crippen molar-refractivity contribution in [3.8, 4) is 0 Å². The minimum absolute atomic E-state index is 0. The normalized spacial score (nSPS) is 4.44. The maximum atomic E-state index is 6.10. The molecule has 9 heavy (non-hydrogen) atoms. The van der Waals surface area contributed by atoms with Crippen molar-refractivity contribution in [2.45, 2.75) is 7.43 Å². The summed E-state index contributed by atoms with van der Waals surface area (Å²) in [5, 5.41) is 12.2. The second-order valence-corrected chi connectivity index (χ2v) is 0.623. The van der Waals surface area contributed by atoms with Gasteiger partial charge in [-0.05, 0) is 13.4 Å². The molecule has 0 bridgehead atoms. The van der Waals surface area contributed by atoms with E-state index in [0.717, 1.165) is 12.7 Å². The van der Waals surface area contributed by atoms with Crippen LogP contribution in [0.4, 0.5) is 0 Å². The third-order valence-electron chi connectivity index (χ3n) is 0.183. The van der Waals surface area contributed by atoms with Crippen molar-refractivity contribution in [1.29, 1.82) is 10.8 Å². The smallest absolute Gasteiger partial charge is 0.106 e. The predicted molar refractivity (Wildman–Crippen MR) is 43.4 cm³/mol. The highest BCUT2D eigenvalue weighted by Crippen LogP contribution is 1.33. The standard InChI is InChI=1S/2C2H4N2.CH4/c2*1-4-2-3;/h2*2-3H,1H2;1H4. The summed E-state index contributed by atoms with van der Waals surface area (Å²) < 4.78 is 0. The fourth-order valence-electron chi connectivity index (χ4n) is 0. The highest BCUT2D eigenvalue weighted by molar-refractivity contribution is 5.58. The van der Waals surface area contributed by atoms with E-state index in [9.17, 15) is 0 Å². The third kappa shape index (κ3) is 316. The molecular formula is C5H12N4. The zero-order chi connectivity index (χ0) is 6.83. The largest absolute Gasteiger partial charge is 0.290 e. The number of hydrogen-bond donors (Lipinski definition) is 2. The van der Waals surface area contributed by atoms with E-state index < -0.39 is 0 Å². The van der Waals surface area contributed by atoms with Gasteiger partial charge >= 0.3 is 0 Å². The van der Waals surface area contributed by atoms with Gasteiger partial charge < -0.3 is 0 Å². The maximum absolute atomic E-state index is 6.10. The number of nitrogens with one attached hydrogen (secondary N) is 2. The molecule has 0 rings (SSSR count). The molecule has 4 nitrogen and oxygen atoms in total. The molecule has 0 atom stereocenters. The van der Waals surface area contributed by atoms with Gasteiger partial charge in [0.25, 0.3) is 0 Å².